The number of halogens is 1. The zero-order valence-corrected chi connectivity index (χ0v) is 11.5. The van der Waals surface area contributed by atoms with E-state index in [0.717, 1.165) is 17.3 Å². The van der Waals surface area contributed by atoms with Gasteiger partial charge in [0, 0.05) is 27.8 Å². The first-order valence-electron chi connectivity index (χ1n) is 6.10. The van der Waals surface area contributed by atoms with Crippen LogP contribution in [0.4, 0.5) is 0 Å². The summed E-state index contributed by atoms with van der Waals surface area (Å²) in [6, 6.07) is 7.05. The molecule has 0 radical (unpaired) electrons. The van der Waals surface area contributed by atoms with Crippen molar-refractivity contribution in [1.29, 1.82) is 0 Å². The number of carboxylic acid groups (broad SMARTS) is 1. The van der Waals surface area contributed by atoms with Gasteiger partial charge in [0.25, 0.3) is 0 Å². The van der Waals surface area contributed by atoms with Crippen molar-refractivity contribution in [3.63, 3.8) is 0 Å². The molecule has 0 N–H and O–H groups in total. The average molecular weight is 310 g/mol. The van der Waals surface area contributed by atoms with E-state index in [1.54, 1.807) is 24.3 Å². The lowest BCUT2D eigenvalue weighted by molar-refractivity contribution is -0.313. The number of carboxylic acids is 1. The normalized spacial score (nSPS) is 23.6. The van der Waals surface area contributed by atoms with E-state index in [4.69, 9.17) is 0 Å². The summed E-state index contributed by atoms with van der Waals surface area (Å²) in [5.41, 5.74) is 0.580. The summed E-state index contributed by atoms with van der Waals surface area (Å²) in [5.74, 6) is -2.22. The summed E-state index contributed by atoms with van der Waals surface area (Å²) in [4.78, 5) is 23.4. The number of hydrogen-bond acceptors (Lipinski definition) is 3. The smallest absolute Gasteiger partial charge is 0.166 e. The molecule has 1 aliphatic rings. The third-order valence-corrected chi connectivity index (χ3v) is 4.06. The van der Waals surface area contributed by atoms with Gasteiger partial charge in [0.05, 0.1) is 0 Å². The summed E-state index contributed by atoms with van der Waals surface area (Å²) in [6.45, 7) is 0. The van der Waals surface area contributed by atoms with Crippen LogP contribution in [0.5, 0.6) is 0 Å². The van der Waals surface area contributed by atoms with E-state index >= 15 is 0 Å². The molecule has 0 aliphatic heterocycles. The molecule has 1 aromatic carbocycles. The lowest BCUT2D eigenvalue weighted by Gasteiger charge is -2.31. The SMILES string of the molecule is O=C([O-])C1CCCCC1C(=O)c1ccc(Br)cc1. The van der Waals surface area contributed by atoms with E-state index in [9.17, 15) is 14.7 Å². The minimum absolute atomic E-state index is 0.0728. The molecule has 2 rings (SSSR count). The molecule has 0 heterocycles. The van der Waals surface area contributed by atoms with Crippen molar-refractivity contribution in [2.45, 2.75) is 25.7 Å². The Morgan fingerprint density at radius 2 is 1.61 bits per heavy atom. The number of rotatable bonds is 3. The van der Waals surface area contributed by atoms with Gasteiger partial charge >= 0.3 is 0 Å². The van der Waals surface area contributed by atoms with Crippen LogP contribution < -0.4 is 5.11 Å². The zero-order valence-electron chi connectivity index (χ0n) is 9.90. The molecule has 0 aromatic heterocycles. The topological polar surface area (TPSA) is 57.2 Å². The molecular weight excluding hydrogens is 296 g/mol. The molecular formula is C14H14BrO3-. The van der Waals surface area contributed by atoms with Crippen molar-refractivity contribution >= 4 is 27.7 Å². The Hall–Kier alpha value is -1.16. The Morgan fingerprint density at radius 1 is 1.06 bits per heavy atom. The fraction of sp³-hybridized carbons (Fsp3) is 0.429. The first-order chi connectivity index (χ1) is 8.59. The second-order valence-corrected chi connectivity index (χ2v) is 5.60. The first kappa shape index (κ1) is 13.3. The lowest BCUT2D eigenvalue weighted by Crippen LogP contribution is -2.40. The van der Waals surface area contributed by atoms with Gasteiger partial charge in [-0.05, 0) is 25.0 Å². The Bertz CT molecular complexity index is 453. The number of ketones is 1. The number of benzene rings is 1. The van der Waals surface area contributed by atoms with Crippen LogP contribution in [0.3, 0.4) is 0 Å². The molecule has 1 aliphatic carbocycles. The maximum Gasteiger partial charge on any atom is 0.166 e. The zero-order chi connectivity index (χ0) is 13.1. The van der Waals surface area contributed by atoms with Crippen molar-refractivity contribution in [3.8, 4) is 0 Å². The highest BCUT2D eigenvalue weighted by Crippen LogP contribution is 2.32. The summed E-state index contributed by atoms with van der Waals surface area (Å²) < 4.78 is 0.902. The molecule has 18 heavy (non-hydrogen) atoms. The molecule has 0 amide bonds. The molecule has 96 valence electrons. The second-order valence-electron chi connectivity index (χ2n) is 4.69. The highest BCUT2D eigenvalue weighted by molar-refractivity contribution is 9.10. The third-order valence-electron chi connectivity index (χ3n) is 3.53. The fourth-order valence-electron chi connectivity index (χ4n) is 2.56. The van der Waals surface area contributed by atoms with Crippen LogP contribution in [0.1, 0.15) is 36.0 Å². The monoisotopic (exact) mass is 309 g/mol. The van der Waals surface area contributed by atoms with Gasteiger partial charge in [-0.15, -0.1) is 0 Å². The van der Waals surface area contributed by atoms with Gasteiger partial charge in [-0.3, -0.25) is 4.79 Å². The second kappa shape index (κ2) is 5.65. The Balaban J connectivity index is 2.20. The number of carbonyl (C=O) groups is 2. The van der Waals surface area contributed by atoms with Crippen LogP contribution in [0.2, 0.25) is 0 Å². The molecule has 0 spiro atoms. The van der Waals surface area contributed by atoms with E-state index in [2.05, 4.69) is 15.9 Å². The van der Waals surface area contributed by atoms with E-state index < -0.39 is 17.8 Å². The van der Waals surface area contributed by atoms with Crippen LogP contribution in [0.25, 0.3) is 0 Å². The largest absolute Gasteiger partial charge is 0.550 e. The highest BCUT2D eigenvalue weighted by atomic mass is 79.9. The molecule has 0 saturated heterocycles. The first-order valence-corrected chi connectivity index (χ1v) is 6.89. The van der Waals surface area contributed by atoms with Gasteiger partial charge in [0.15, 0.2) is 5.78 Å². The van der Waals surface area contributed by atoms with Crippen LogP contribution in [-0.4, -0.2) is 11.8 Å². The van der Waals surface area contributed by atoms with Gasteiger partial charge in [-0.1, -0.05) is 40.9 Å². The van der Waals surface area contributed by atoms with Gasteiger partial charge in [0.1, 0.15) is 0 Å². The number of aliphatic carboxylic acids is 1. The third kappa shape index (κ3) is 2.80. The molecule has 1 fully saturated rings. The number of hydrogen-bond donors (Lipinski definition) is 0. The fourth-order valence-corrected chi connectivity index (χ4v) is 2.82. The maximum atomic E-state index is 12.3. The summed E-state index contributed by atoms with van der Waals surface area (Å²) >= 11 is 3.31. The van der Waals surface area contributed by atoms with E-state index in [-0.39, 0.29) is 5.78 Å². The van der Waals surface area contributed by atoms with Crippen molar-refractivity contribution in [3.05, 3.63) is 34.3 Å². The molecule has 2 atom stereocenters. The van der Waals surface area contributed by atoms with Crippen molar-refractivity contribution in [2.75, 3.05) is 0 Å². The number of Topliss-reactive ketones (excluding diaryl/α,β-unsaturated/α-hetero) is 1. The predicted octanol–water partition coefficient (Wildman–Crippen LogP) is 2.19. The van der Waals surface area contributed by atoms with Crippen molar-refractivity contribution in [1.82, 2.24) is 0 Å². The van der Waals surface area contributed by atoms with Gasteiger partial charge < -0.3 is 9.90 Å². The average Bonchev–Trinajstić information content (AvgIpc) is 2.39. The summed E-state index contributed by atoms with van der Waals surface area (Å²) in [5, 5.41) is 11.1. The van der Waals surface area contributed by atoms with Crippen LogP contribution >= 0.6 is 15.9 Å². The summed E-state index contributed by atoms with van der Waals surface area (Å²) in [6.07, 6.45) is 2.97. The summed E-state index contributed by atoms with van der Waals surface area (Å²) in [7, 11) is 0. The molecule has 4 heteroatoms. The number of carbonyl (C=O) groups excluding carboxylic acids is 2. The van der Waals surface area contributed by atoms with Crippen molar-refractivity contribution in [2.24, 2.45) is 11.8 Å². The van der Waals surface area contributed by atoms with Crippen LogP contribution in [0.15, 0.2) is 28.7 Å². The Morgan fingerprint density at radius 3 is 2.17 bits per heavy atom. The van der Waals surface area contributed by atoms with Gasteiger partial charge in [0.2, 0.25) is 0 Å². The van der Waals surface area contributed by atoms with Crippen molar-refractivity contribution < 1.29 is 14.7 Å². The minimum atomic E-state index is -1.09. The molecule has 1 aromatic rings. The standard InChI is InChI=1S/C14H15BrO3/c15-10-7-5-9(6-8-10)13(16)11-3-1-2-4-12(11)14(17)18/h5-8,11-12H,1-4H2,(H,17,18)/p-1. The van der Waals surface area contributed by atoms with Crippen LogP contribution in [-0.2, 0) is 4.79 Å². The highest BCUT2D eigenvalue weighted by Gasteiger charge is 2.32. The minimum Gasteiger partial charge on any atom is -0.550 e. The molecule has 2 unspecified atom stereocenters. The van der Waals surface area contributed by atoms with Gasteiger partial charge in [-0.25, -0.2) is 0 Å². The molecule has 1 saturated carbocycles. The Kier molecular flexibility index (Phi) is 4.17. The molecule has 0 bridgehead atoms. The Labute approximate surface area is 114 Å². The predicted molar refractivity (Wildman–Crippen MR) is 68.9 cm³/mol. The quantitative estimate of drug-likeness (QED) is 0.804. The maximum absolute atomic E-state index is 12.3. The molecule has 3 nitrogen and oxygen atoms in total. The van der Waals surface area contributed by atoms with Crippen LogP contribution in [0, 0.1) is 11.8 Å². The van der Waals surface area contributed by atoms with E-state index in [1.165, 1.54) is 0 Å². The van der Waals surface area contributed by atoms with Gasteiger partial charge in [-0.2, -0.15) is 0 Å². The lowest BCUT2D eigenvalue weighted by atomic mass is 9.75. The van der Waals surface area contributed by atoms with E-state index in [0.29, 0.717) is 18.4 Å². The van der Waals surface area contributed by atoms with E-state index in [1.807, 2.05) is 0 Å².